The van der Waals surface area contributed by atoms with Crippen LogP contribution in [0.2, 0.25) is 0 Å². The minimum absolute atomic E-state index is 0.582. The summed E-state index contributed by atoms with van der Waals surface area (Å²) in [6.45, 7) is 9.59. The molecule has 0 amide bonds. The van der Waals surface area contributed by atoms with Crippen LogP contribution in [-0.2, 0) is 17.7 Å². The fourth-order valence-corrected chi connectivity index (χ4v) is 2.56. The number of aliphatic imine (C=N–C) groups is 1. The van der Waals surface area contributed by atoms with Crippen molar-refractivity contribution >= 4 is 17.3 Å². The third kappa shape index (κ3) is 6.91. The first-order valence-corrected chi connectivity index (χ1v) is 8.07. The molecule has 0 radical (unpaired) electrons. The average Bonchev–Trinajstić information content (AvgIpc) is 2.89. The molecule has 0 bridgehead atoms. The van der Waals surface area contributed by atoms with Crippen LogP contribution in [0.4, 0.5) is 0 Å². The highest BCUT2D eigenvalue weighted by molar-refractivity contribution is 7.11. The van der Waals surface area contributed by atoms with E-state index >= 15 is 0 Å². The predicted octanol–water partition coefficient (Wildman–Crippen LogP) is 2.65. The molecule has 1 aromatic rings. The number of nitrogens with one attached hydrogen (secondary N) is 2. The van der Waals surface area contributed by atoms with Gasteiger partial charge in [-0.15, -0.1) is 11.3 Å². The molecule has 114 valence electrons. The summed E-state index contributed by atoms with van der Waals surface area (Å²) in [5.74, 6) is 1.41. The SMILES string of the molecule is CCc1ccc(CNC(=NC)NCCOCC(C)C)s1. The Bertz CT molecular complexity index is 402. The third-order valence-corrected chi connectivity index (χ3v) is 3.94. The van der Waals surface area contributed by atoms with Gasteiger partial charge in [0.25, 0.3) is 0 Å². The third-order valence-electron chi connectivity index (χ3n) is 2.71. The van der Waals surface area contributed by atoms with Crippen LogP contribution in [0, 0.1) is 5.92 Å². The number of nitrogens with zero attached hydrogens (tertiary/aromatic N) is 1. The fourth-order valence-electron chi connectivity index (χ4n) is 1.66. The molecule has 1 aromatic heterocycles. The summed E-state index contributed by atoms with van der Waals surface area (Å²) in [6, 6.07) is 4.37. The van der Waals surface area contributed by atoms with Crippen LogP contribution < -0.4 is 10.6 Å². The van der Waals surface area contributed by atoms with Crippen molar-refractivity contribution in [3.05, 3.63) is 21.9 Å². The number of hydrogen-bond donors (Lipinski definition) is 2. The van der Waals surface area contributed by atoms with Gasteiger partial charge < -0.3 is 15.4 Å². The molecule has 0 spiro atoms. The Kier molecular flexibility index (Phi) is 8.30. The molecule has 0 aliphatic carbocycles. The molecule has 0 aliphatic heterocycles. The summed E-state index contributed by atoms with van der Waals surface area (Å²) in [6.07, 6.45) is 1.10. The Morgan fingerprint density at radius 3 is 2.65 bits per heavy atom. The Morgan fingerprint density at radius 2 is 2.05 bits per heavy atom. The molecule has 0 fully saturated rings. The topological polar surface area (TPSA) is 45.7 Å². The number of aryl methyl sites for hydroxylation is 1. The lowest BCUT2D eigenvalue weighted by molar-refractivity contribution is 0.114. The van der Waals surface area contributed by atoms with E-state index < -0.39 is 0 Å². The summed E-state index contributed by atoms with van der Waals surface area (Å²) >= 11 is 1.85. The summed E-state index contributed by atoms with van der Waals surface area (Å²) < 4.78 is 5.53. The Morgan fingerprint density at radius 1 is 1.30 bits per heavy atom. The van der Waals surface area contributed by atoms with Crippen LogP contribution >= 0.6 is 11.3 Å². The number of guanidine groups is 1. The Labute approximate surface area is 126 Å². The van der Waals surface area contributed by atoms with Gasteiger partial charge in [-0.3, -0.25) is 4.99 Å². The quantitative estimate of drug-likeness (QED) is 0.440. The largest absolute Gasteiger partial charge is 0.379 e. The van der Waals surface area contributed by atoms with Crippen molar-refractivity contribution < 1.29 is 4.74 Å². The van der Waals surface area contributed by atoms with Gasteiger partial charge in [-0.25, -0.2) is 0 Å². The van der Waals surface area contributed by atoms with E-state index in [9.17, 15) is 0 Å². The van der Waals surface area contributed by atoms with Gasteiger partial charge in [0.2, 0.25) is 0 Å². The highest BCUT2D eigenvalue weighted by Gasteiger charge is 2.01. The summed E-state index contributed by atoms with van der Waals surface area (Å²) in [7, 11) is 1.79. The van der Waals surface area contributed by atoms with Crippen molar-refractivity contribution in [1.29, 1.82) is 0 Å². The van der Waals surface area contributed by atoms with Gasteiger partial charge in [0.15, 0.2) is 5.96 Å². The van der Waals surface area contributed by atoms with E-state index in [-0.39, 0.29) is 0 Å². The molecule has 0 saturated heterocycles. The average molecular weight is 297 g/mol. The van der Waals surface area contributed by atoms with Crippen molar-refractivity contribution in [2.24, 2.45) is 10.9 Å². The lowest BCUT2D eigenvalue weighted by Crippen LogP contribution is -2.38. The van der Waals surface area contributed by atoms with Gasteiger partial charge in [0.1, 0.15) is 0 Å². The zero-order valence-corrected chi connectivity index (χ0v) is 13.8. The molecule has 0 atom stereocenters. The molecule has 5 heteroatoms. The number of ether oxygens (including phenoxy) is 1. The molecule has 0 aromatic carbocycles. The smallest absolute Gasteiger partial charge is 0.191 e. The van der Waals surface area contributed by atoms with E-state index in [1.165, 1.54) is 9.75 Å². The monoisotopic (exact) mass is 297 g/mol. The highest BCUT2D eigenvalue weighted by atomic mass is 32.1. The summed E-state index contributed by atoms with van der Waals surface area (Å²) in [5, 5.41) is 6.57. The molecule has 0 saturated carbocycles. The first kappa shape index (κ1) is 17.0. The second kappa shape index (κ2) is 9.77. The molecule has 0 aliphatic rings. The van der Waals surface area contributed by atoms with Gasteiger partial charge in [0.05, 0.1) is 13.2 Å². The van der Waals surface area contributed by atoms with Crippen LogP contribution in [0.3, 0.4) is 0 Å². The summed E-state index contributed by atoms with van der Waals surface area (Å²) in [4.78, 5) is 6.96. The lowest BCUT2D eigenvalue weighted by Gasteiger charge is -2.12. The first-order valence-electron chi connectivity index (χ1n) is 7.25. The zero-order valence-electron chi connectivity index (χ0n) is 13.0. The molecular weight excluding hydrogens is 270 g/mol. The normalized spacial score (nSPS) is 11.9. The number of thiophene rings is 1. The molecule has 0 unspecified atom stereocenters. The van der Waals surface area contributed by atoms with Crippen LogP contribution in [-0.4, -0.2) is 32.8 Å². The van der Waals surface area contributed by atoms with Crippen LogP contribution in [0.5, 0.6) is 0 Å². The van der Waals surface area contributed by atoms with E-state index in [0.717, 1.165) is 32.1 Å². The van der Waals surface area contributed by atoms with Gasteiger partial charge in [-0.2, -0.15) is 0 Å². The maximum absolute atomic E-state index is 5.53. The van der Waals surface area contributed by atoms with Crippen molar-refractivity contribution in [3.8, 4) is 0 Å². The lowest BCUT2D eigenvalue weighted by atomic mass is 10.2. The van der Waals surface area contributed by atoms with Crippen LogP contribution in [0.25, 0.3) is 0 Å². The zero-order chi connectivity index (χ0) is 14.8. The second-order valence-electron chi connectivity index (χ2n) is 5.04. The Hall–Kier alpha value is -1.07. The molecule has 1 rings (SSSR count). The number of hydrogen-bond acceptors (Lipinski definition) is 3. The van der Waals surface area contributed by atoms with Gasteiger partial charge in [-0.05, 0) is 24.5 Å². The number of rotatable bonds is 8. The molecule has 4 nitrogen and oxygen atoms in total. The molecule has 2 N–H and O–H groups in total. The van der Waals surface area contributed by atoms with E-state index in [1.807, 2.05) is 11.3 Å². The molecule has 1 heterocycles. The van der Waals surface area contributed by atoms with Gasteiger partial charge >= 0.3 is 0 Å². The van der Waals surface area contributed by atoms with Crippen LogP contribution in [0.1, 0.15) is 30.5 Å². The van der Waals surface area contributed by atoms with Crippen molar-refractivity contribution in [3.63, 3.8) is 0 Å². The molecule has 20 heavy (non-hydrogen) atoms. The Balaban J connectivity index is 2.19. The van der Waals surface area contributed by atoms with E-state index in [1.54, 1.807) is 7.05 Å². The van der Waals surface area contributed by atoms with E-state index in [4.69, 9.17) is 4.74 Å². The predicted molar refractivity (Wildman–Crippen MR) is 87.6 cm³/mol. The van der Waals surface area contributed by atoms with Gasteiger partial charge in [0, 0.05) is 30.0 Å². The van der Waals surface area contributed by atoms with Crippen molar-refractivity contribution in [2.45, 2.75) is 33.7 Å². The van der Waals surface area contributed by atoms with Crippen molar-refractivity contribution in [2.75, 3.05) is 26.8 Å². The van der Waals surface area contributed by atoms with E-state index in [0.29, 0.717) is 12.5 Å². The van der Waals surface area contributed by atoms with Crippen molar-refractivity contribution in [1.82, 2.24) is 10.6 Å². The van der Waals surface area contributed by atoms with Gasteiger partial charge in [-0.1, -0.05) is 20.8 Å². The maximum Gasteiger partial charge on any atom is 0.191 e. The second-order valence-corrected chi connectivity index (χ2v) is 6.30. The first-order chi connectivity index (χ1) is 9.65. The maximum atomic E-state index is 5.53. The summed E-state index contributed by atoms with van der Waals surface area (Å²) in [5.41, 5.74) is 0. The standard InChI is InChI=1S/C15H27N3OS/c1-5-13-6-7-14(20-13)10-18-15(16-4)17-8-9-19-11-12(2)3/h6-7,12H,5,8-11H2,1-4H3,(H2,16,17,18). The minimum atomic E-state index is 0.582. The van der Waals surface area contributed by atoms with E-state index in [2.05, 4.69) is 48.5 Å². The highest BCUT2D eigenvalue weighted by Crippen LogP contribution is 2.16. The minimum Gasteiger partial charge on any atom is -0.379 e. The van der Waals surface area contributed by atoms with Crippen LogP contribution in [0.15, 0.2) is 17.1 Å². The fraction of sp³-hybridized carbons (Fsp3) is 0.667. The molecular formula is C15H27N3OS.